The molecule has 1 atom stereocenters. The summed E-state index contributed by atoms with van der Waals surface area (Å²) < 4.78 is 54.6. The van der Waals surface area contributed by atoms with E-state index in [1.54, 1.807) is 18.5 Å². The van der Waals surface area contributed by atoms with Crippen LogP contribution in [0, 0.1) is 11.3 Å². The van der Waals surface area contributed by atoms with Crippen LogP contribution < -0.4 is 14.4 Å². The smallest absolute Gasteiger partial charge is 0.410 e. The van der Waals surface area contributed by atoms with Gasteiger partial charge in [0.15, 0.2) is 5.82 Å². The Labute approximate surface area is 319 Å². The summed E-state index contributed by atoms with van der Waals surface area (Å²) in [5, 5.41) is 4.17. The van der Waals surface area contributed by atoms with Crippen LogP contribution in [0.2, 0.25) is 5.15 Å². The van der Waals surface area contributed by atoms with Crippen molar-refractivity contribution in [2.75, 3.05) is 31.6 Å². The van der Waals surface area contributed by atoms with E-state index in [9.17, 15) is 22.8 Å². The Kier molecular flexibility index (Phi) is 13.6. The van der Waals surface area contributed by atoms with Crippen LogP contribution in [0.5, 0.6) is 5.88 Å². The van der Waals surface area contributed by atoms with Crippen LogP contribution in [0.15, 0.2) is 47.6 Å². The molecule has 292 valence electrons. The Bertz CT molecular complexity index is 1690. The largest absolute Gasteiger partial charge is 0.477 e. The van der Waals surface area contributed by atoms with Crippen molar-refractivity contribution in [1.29, 1.82) is 0 Å². The number of amides is 2. The van der Waals surface area contributed by atoms with Gasteiger partial charge in [-0.1, -0.05) is 25.4 Å². The zero-order valence-electron chi connectivity index (χ0n) is 31.7. The average molecular weight is 782 g/mol. The summed E-state index contributed by atoms with van der Waals surface area (Å²) in [7, 11) is 1.99. The molecule has 3 aromatic heterocycles. The molecule has 53 heavy (non-hydrogen) atoms. The SMILES string of the molecule is CC.CN(CCCC1CN(C(=O)OC(C)(C)C)C(C)(C)C1)c1ccc(SNC(=O)c2ccc(-n3ccc(OCCC4(C(F)(F)F)CC4)n3)nc2Cl)cn1. The van der Waals surface area contributed by atoms with Gasteiger partial charge >= 0.3 is 12.3 Å². The number of alkyl halides is 3. The van der Waals surface area contributed by atoms with Gasteiger partial charge in [0.1, 0.15) is 16.6 Å². The predicted octanol–water partition coefficient (Wildman–Crippen LogP) is 9.14. The molecule has 3 aromatic rings. The minimum absolute atomic E-state index is 0.0433. The molecular formula is C37H51ClF3N7O4S. The van der Waals surface area contributed by atoms with Gasteiger partial charge < -0.3 is 19.3 Å². The van der Waals surface area contributed by atoms with E-state index < -0.39 is 23.1 Å². The first-order chi connectivity index (χ1) is 24.9. The van der Waals surface area contributed by atoms with Crippen molar-refractivity contribution in [3.05, 3.63) is 53.4 Å². The van der Waals surface area contributed by atoms with Crippen LogP contribution in [0.4, 0.5) is 23.8 Å². The number of anilines is 1. The van der Waals surface area contributed by atoms with Crippen molar-refractivity contribution in [2.24, 2.45) is 11.3 Å². The number of carbonyl (C=O) groups excluding carboxylic acids is 2. The van der Waals surface area contributed by atoms with E-state index in [1.807, 2.05) is 58.7 Å². The van der Waals surface area contributed by atoms with E-state index in [1.165, 1.54) is 16.8 Å². The van der Waals surface area contributed by atoms with Crippen LogP contribution in [-0.4, -0.2) is 80.7 Å². The number of ether oxygens (including phenoxy) is 2. The summed E-state index contributed by atoms with van der Waals surface area (Å²) in [5.74, 6) is 1.23. The third-order valence-electron chi connectivity index (χ3n) is 9.22. The molecule has 1 saturated carbocycles. The number of rotatable bonds is 13. The quantitative estimate of drug-likeness (QED) is 0.134. The fraction of sp³-hybridized carbons (Fsp3) is 0.595. The highest BCUT2D eigenvalue weighted by Crippen LogP contribution is 2.59. The second-order valence-electron chi connectivity index (χ2n) is 14.9. The number of nitrogens with zero attached hydrogens (tertiary/aromatic N) is 6. The van der Waals surface area contributed by atoms with E-state index >= 15 is 0 Å². The van der Waals surface area contributed by atoms with Crippen LogP contribution >= 0.6 is 23.5 Å². The lowest BCUT2D eigenvalue weighted by atomic mass is 9.93. The Morgan fingerprint density at radius 1 is 1.11 bits per heavy atom. The van der Waals surface area contributed by atoms with E-state index in [0.29, 0.717) is 18.3 Å². The number of hydrogen-bond acceptors (Lipinski definition) is 9. The first-order valence-corrected chi connectivity index (χ1v) is 19.1. The van der Waals surface area contributed by atoms with Crippen molar-refractivity contribution >= 4 is 41.4 Å². The van der Waals surface area contributed by atoms with Crippen LogP contribution in [0.25, 0.3) is 5.82 Å². The van der Waals surface area contributed by atoms with Gasteiger partial charge in [0.2, 0.25) is 5.88 Å². The van der Waals surface area contributed by atoms with Crippen LogP contribution in [0.1, 0.15) is 97.3 Å². The molecule has 5 rings (SSSR count). The molecule has 4 heterocycles. The van der Waals surface area contributed by atoms with E-state index in [-0.39, 0.29) is 54.1 Å². The molecule has 16 heteroatoms. The number of hydrogen-bond donors (Lipinski definition) is 1. The van der Waals surface area contributed by atoms with Gasteiger partial charge in [-0.25, -0.2) is 19.4 Å². The monoisotopic (exact) mass is 781 g/mol. The zero-order chi connectivity index (χ0) is 39.2. The van der Waals surface area contributed by atoms with Gasteiger partial charge in [0.05, 0.1) is 17.6 Å². The molecule has 0 bridgehead atoms. The average Bonchev–Trinajstić information content (AvgIpc) is 3.63. The molecule has 1 aliphatic heterocycles. The highest BCUT2D eigenvalue weighted by Gasteiger charge is 2.62. The molecule has 0 spiro atoms. The van der Waals surface area contributed by atoms with Crippen molar-refractivity contribution in [1.82, 2.24) is 29.4 Å². The van der Waals surface area contributed by atoms with Crippen molar-refractivity contribution in [2.45, 2.75) is 109 Å². The summed E-state index contributed by atoms with van der Waals surface area (Å²) in [6.45, 7) is 15.2. The maximum Gasteiger partial charge on any atom is 0.410 e. The van der Waals surface area contributed by atoms with Gasteiger partial charge in [0.25, 0.3) is 5.91 Å². The predicted molar refractivity (Wildman–Crippen MR) is 201 cm³/mol. The molecule has 1 aliphatic carbocycles. The molecule has 2 fully saturated rings. The Balaban J connectivity index is 0.00000308. The molecule has 0 aromatic carbocycles. The molecular weight excluding hydrogens is 731 g/mol. The molecule has 1 unspecified atom stereocenters. The van der Waals surface area contributed by atoms with E-state index in [4.69, 9.17) is 21.1 Å². The van der Waals surface area contributed by atoms with Crippen molar-refractivity contribution < 1.29 is 32.2 Å². The number of halogens is 4. The molecule has 0 radical (unpaired) electrons. The minimum atomic E-state index is -4.23. The summed E-state index contributed by atoms with van der Waals surface area (Å²) in [5.41, 5.74) is -2.26. The maximum atomic E-state index is 13.1. The Morgan fingerprint density at radius 3 is 2.43 bits per heavy atom. The van der Waals surface area contributed by atoms with Crippen molar-refractivity contribution in [3.8, 4) is 11.7 Å². The molecule has 11 nitrogen and oxygen atoms in total. The lowest BCUT2D eigenvalue weighted by molar-refractivity contribution is -0.190. The summed E-state index contributed by atoms with van der Waals surface area (Å²) in [6, 6.07) is 8.36. The van der Waals surface area contributed by atoms with Gasteiger partial charge in [-0.15, -0.1) is 5.10 Å². The van der Waals surface area contributed by atoms with E-state index in [0.717, 1.165) is 48.5 Å². The summed E-state index contributed by atoms with van der Waals surface area (Å²) in [6.07, 6.45) is 1.73. The lowest BCUT2D eigenvalue weighted by Crippen LogP contribution is -2.45. The second kappa shape index (κ2) is 17.2. The fourth-order valence-corrected chi connectivity index (χ4v) is 6.98. The normalized spacial score (nSPS) is 17.4. The van der Waals surface area contributed by atoms with Gasteiger partial charge in [-0.2, -0.15) is 13.2 Å². The van der Waals surface area contributed by atoms with Gasteiger partial charge in [-0.3, -0.25) is 9.52 Å². The molecule has 2 aliphatic rings. The fourth-order valence-electron chi connectivity index (χ4n) is 6.18. The highest BCUT2D eigenvalue weighted by atomic mass is 35.5. The third-order valence-corrected chi connectivity index (χ3v) is 10.3. The third kappa shape index (κ3) is 11.2. The number of likely N-dealkylation sites (tertiary alicyclic amines) is 1. The maximum absolute atomic E-state index is 13.1. The topological polar surface area (TPSA) is 115 Å². The highest BCUT2D eigenvalue weighted by molar-refractivity contribution is 7.98. The molecule has 1 N–H and O–H groups in total. The number of carbonyl (C=O) groups is 2. The summed E-state index contributed by atoms with van der Waals surface area (Å²) >= 11 is 7.44. The minimum Gasteiger partial charge on any atom is -0.477 e. The first kappa shape index (κ1) is 42.0. The molecule has 2 amide bonds. The van der Waals surface area contributed by atoms with Gasteiger partial charge in [0, 0.05) is 49.0 Å². The Morgan fingerprint density at radius 2 is 1.83 bits per heavy atom. The standard InChI is InChI=1S/C35H45ClF3N7O4S.C2H6/c1-32(2,3)50-31(48)45-22-23(20-33(45,4)5)8-7-17-44(6)26-11-9-24(21-40-26)51-43-30(47)25-10-12-27(41-29(25)36)46-18-13-28(42-46)49-19-16-34(14-15-34)35(37,38)39;1-2/h9-13,18,21,23H,7-8,14-17,19-20,22H2,1-6H3,(H,43,47);1-2H3. The number of aromatic nitrogens is 4. The number of nitrogens with one attached hydrogen (secondary N) is 1. The first-order valence-electron chi connectivity index (χ1n) is 17.9. The van der Waals surface area contributed by atoms with Gasteiger partial charge in [-0.05, 0) is 115 Å². The van der Waals surface area contributed by atoms with E-state index in [2.05, 4.69) is 38.5 Å². The van der Waals surface area contributed by atoms with Crippen molar-refractivity contribution in [3.63, 3.8) is 0 Å². The van der Waals surface area contributed by atoms with Crippen LogP contribution in [0.3, 0.4) is 0 Å². The van der Waals surface area contributed by atoms with Crippen LogP contribution in [-0.2, 0) is 4.74 Å². The summed E-state index contributed by atoms with van der Waals surface area (Å²) in [4.78, 5) is 39.1. The second-order valence-corrected chi connectivity index (χ2v) is 16.1. The Hall–Kier alpha value is -3.72. The number of pyridine rings is 2. The zero-order valence-corrected chi connectivity index (χ0v) is 33.3. The molecule has 1 saturated heterocycles. The lowest BCUT2D eigenvalue weighted by Gasteiger charge is -2.33.